The molecule has 1 spiro atoms. The van der Waals surface area contributed by atoms with Crippen molar-refractivity contribution in [2.75, 3.05) is 29.5 Å². The fourth-order valence-electron chi connectivity index (χ4n) is 5.35. The molecule has 1 aromatic carbocycles. The number of nitrogens with one attached hydrogen (secondary N) is 1. The van der Waals surface area contributed by atoms with E-state index in [1.807, 2.05) is 12.1 Å². The van der Waals surface area contributed by atoms with Crippen LogP contribution in [0.2, 0.25) is 10.0 Å². The highest BCUT2D eigenvalue weighted by Gasteiger charge is 2.44. The number of fused-ring (bicyclic) bond motifs is 1. The van der Waals surface area contributed by atoms with Crippen molar-refractivity contribution in [1.29, 1.82) is 0 Å². The van der Waals surface area contributed by atoms with Gasteiger partial charge in [-0.25, -0.2) is 18.4 Å². The zero-order valence-corrected chi connectivity index (χ0v) is 22.6. The maximum absolute atomic E-state index is 12.0. The van der Waals surface area contributed by atoms with Gasteiger partial charge < -0.3 is 9.64 Å². The monoisotopic (exact) mass is 573 g/mol. The smallest absolute Gasteiger partial charge is 0.225 e. The normalized spacial score (nSPS) is 19.2. The number of ether oxygens (including phenoxy) is 1. The number of hydrogen-bond acceptors (Lipinski definition) is 9. The fourth-order valence-corrected chi connectivity index (χ4v) is 8.18. The van der Waals surface area contributed by atoms with Crippen LogP contribution in [0.15, 0.2) is 43.0 Å². The molecular weight excluding hydrogens is 549 g/mol. The Kier molecular flexibility index (Phi) is 6.42. The molecule has 38 heavy (non-hydrogen) atoms. The Balaban J connectivity index is 1.19. The molecule has 2 aliphatic rings. The number of benzene rings is 1. The summed E-state index contributed by atoms with van der Waals surface area (Å²) in [5.74, 6) is 1.76. The first-order chi connectivity index (χ1) is 18.2. The molecule has 2 saturated heterocycles. The van der Waals surface area contributed by atoms with Crippen molar-refractivity contribution in [3.05, 3.63) is 58.6 Å². The van der Waals surface area contributed by atoms with E-state index in [1.54, 1.807) is 18.5 Å². The third-order valence-electron chi connectivity index (χ3n) is 7.46. The highest BCUT2D eigenvalue weighted by molar-refractivity contribution is 7.91. The van der Waals surface area contributed by atoms with Gasteiger partial charge in [0.15, 0.2) is 16.1 Å². The molecule has 5 heterocycles. The lowest BCUT2D eigenvalue weighted by atomic mass is 9.78. The number of aromatic amines is 1. The third kappa shape index (κ3) is 4.79. The molecule has 1 atom stereocenters. The van der Waals surface area contributed by atoms with Crippen LogP contribution in [0.3, 0.4) is 0 Å². The largest absolute Gasteiger partial charge is 0.471 e. The summed E-state index contributed by atoms with van der Waals surface area (Å²) in [5, 5.41) is 8.96. The third-order valence-corrected chi connectivity index (χ3v) is 9.94. The molecule has 2 aliphatic heterocycles. The van der Waals surface area contributed by atoms with E-state index < -0.39 is 16.1 Å². The molecule has 13 heteroatoms. The summed E-state index contributed by atoms with van der Waals surface area (Å²) in [7, 11) is -2.90. The zero-order chi connectivity index (χ0) is 26.5. The number of H-pyrrole nitrogens is 1. The Morgan fingerprint density at radius 1 is 1.05 bits per heavy atom. The Labute approximate surface area is 229 Å². The Bertz CT molecular complexity index is 1580. The van der Waals surface area contributed by atoms with Crippen LogP contribution in [-0.2, 0) is 9.84 Å². The van der Waals surface area contributed by atoms with Gasteiger partial charge in [-0.15, -0.1) is 0 Å². The van der Waals surface area contributed by atoms with Crippen molar-refractivity contribution in [3.63, 3.8) is 0 Å². The van der Waals surface area contributed by atoms with Crippen molar-refractivity contribution in [1.82, 2.24) is 25.1 Å². The number of halogens is 2. The van der Waals surface area contributed by atoms with Gasteiger partial charge in [-0.2, -0.15) is 5.10 Å². The van der Waals surface area contributed by atoms with E-state index in [0.717, 1.165) is 48.8 Å². The topological polar surface area (TPSA) is 140 Å². The predicted octanol–water partition coefficient (Wildman–Crippen LogP) is 4.16. The number of sulfone groups is 1. The van der Waals surface area contributed by atoms with Crippen LogP contribution in [0.25, 0.3) is 22.2 Å². The van der Waals surface area contributed by atoms with E-state index >= 15 is 0 Å². The number of nitrogens with two attached hydrogens (primary N) is 1. The summed E-state index contributed by atoms with van der Waals surface area (Å²) in [5.41, 5.74) is 8.86. The van der Waals surface area contributed by atoms with Gasteiger partial charge >= 0.3 is 0 Å². The number of piperidine rings is 1. The summed E-state index contributed by atoms with van der Waals surface area (Å²) >= 11 is 12.4. The van der Waals surface area contributed by atoms with Gasteiger partial charge in [0.2, 0.25) is 5.95 Å². The van der Waals surface area contributed by atoms with E-state index in [2.05, 4.69) is 30.0 Å². The average Bonchev–Trinajstić information content (AvgIpc) is 3.44. The molecular formula is C25H25Cl2N7O3S. The molecule has 3 N–H and O–H groups in total. The van der Waals surface area contributed by atoms with E-state index in [0.29, 0.717) is 44.5 Å². The molecule has 0 aliphatic carbocycles. The van der Waals surface area contributed by atoms with Gasteiger partial charge in [-0.3, -0.25) is 15.8 Å². The summed E-state index contributed by atoms with van der Waals surface area (Å²) in [6, 6.07) is 5.47. The molecule has 6 rings (SSSR count). The zero-order valence-electron chi connectivity index (χ0n) is 20.3. The second kappa shape index (κ2) is 9.64. The van der Waals surface area contributed by atoms with Crippen molar-refractivity contribution < 1.29 is 13.2 Å². The van der Waals surface area contributed by atoms with Crippen LogP contribution in [0.5, 0.6) is 5.75 Å². The quantitative estimate of drug-likeness (QED) is 0.336. The minimum atomic E-state index is -2.90. The van der Waals surface area contributed by atoms with Gasteiger partial charge in [0, 0.05) is 54.4 Å². The highest BCUT2D eigenvalue weighted by Crippen LogP contribution is 2.42. The summed E-state index contributed by atoms with van der Waals surface area (Å²) in [6.07, 6.45) is 7.97. The molecule has 3 aromatic heterocycles. The standard InChI is InChI=1S/C25H25Cl2N7O3S/c26-18-12-29-13-19(27)21(18)23(28)37-16-1-2-20-17(9-16)22(33-32-20)15-10-30-24(31-11-15)34-6-3-25(4-7-34)5-8-38(35,36)14-25/h1-2,9-13,23H,3-8,14,28H2,(H,32,33)/t23-/m0/s1. The lowest BCUT2D eigenvalue weighted by molar-refractivity contribution is 0.214. The average molecular weight is 574 g/mol. The first-order valence-electron chi connectivity index (χ1n) is 12.2. The summed E-state index contributed by atoms with van der Waals surface area (Å²) in [6.45, 7) is 1.49. The van der Waals surface area contributed by atoms with E-state index in [-0.39, 0.29) is 5.41 Å². The molecule has 0 unspecified atom stereocenters. The number of anilines is 1. The van der Waals surface area contributed by atoms with Crippen molar-refractivity contribution >= 4 is 49.9 Å². The van der Waals surface area contributed by atoms with Gasteiger partial charge in [0.1, 0.15) is 11.4 Å². The first kappa shape index (κ1) is 25.3. The van der Waals surface area contributed by atoms with Crippen molar-refractivity contribution in [2.45, 2.75) is 25.5 Å². The van der Waals surface area contributed by atoms with Crippen LogP contribution in [0.4, 0.5) is 5.95 Å². The molecule has 0 amide bonds. The molecule has 0 radical (unpaired) electrons. The number of aromatic nitrogens is 5. The van der Waals surface area contributed by atoms with Gasteiger partial charge in [-0.05, 0) is 42.9 Å². The molecule has 0 saturated carbocycles. The minimum absolute atomic E-state index is 0.0837. The first-order valence-corrected chi connectivity index (χ1v) is 14.8. The maximum Gasteiger partial charge on any atom is 0.225 e. The number of hydrogen-bond donors (Lipinski definition) is 2. The SMILES string of the molecule is N[C@@H](Oc1ccc2[nH]nc(-c3cnc(N4CCC5(CC4)CCS(=O)(=O)C5)nc3)c2c1)c1c(Cl)cncc1Cl. The molecule has 0 bridgehead atoms. The molecule has 2 fully saturated rings. The van der Waals surface area contributed by atoms with Crippen LogP contribution < -0.4 is 15.4 Å². The van der Waals surface area contributed by atoms with E-state index in [4.69, 9.17) is 33.7 Å². The maximum atomic E-state index is 12.0. The van der Waals surface area contributed by atoms with Crippen molar-refractivity contribution in [2.24, 2.45) is 11.1 Å². The number of nitrogens with zero attached hydrogens (tertiary/aromatic N) is 5. The molecule has 10 nitrogen and oxygen atoms in total. The van der Waals surface area contributed by atoms with Gasteiger partial charge in [0.05, 0.1) is 27.1 Å². The molecule has 198 valence electrons. The van der Waals surface area contributed by atoms with Gasteiger partial charge in [0.25, 0.3) is 0 Å². The number of pyridine rings is 1. The lowest BCUT2D eigenvalue weighted by Gasteiger charge is -2.38. The lowest BCUT2D eigenvalue weighted by Crippen LogP contribution is -2.41. The minimum Gasteiger partial charge on any atom is -0.471 e. The van der Waals surface area contributed by atoms with E-state index in [9.17, 15) is 8.42 Å². The summed E-state index contributed by atoms with van der Waals surface area (Å²) in [4.78, 5) is 15.3. The van der Waals surface area contributed by atoms with E-state index in [1.165, 1.54) is 12.4 Å². The number of rotatable bonds is 5. The summed E-state index contributed by atoms with van der Waals surface area (Å²) < 4.78 is 29.9. The highest BCUT2D eigenvalue weighted by atomic mass is 35.5. The van der Waals surface area contributed by atoms with Crippen molar-refractivity contribution in [3.8, 4) is 17.0 Å². The fraction of sp³-hybridized carbons (Fsp3) is 0.360. The Morgan fingerprint density at radius 3 is 2.42 bits per heavy atom. The van der Waals surface area contributed by atoms with Crippen LogP contribution >= 0.6 is 23.2 Å². The predicted molar refractivity (Wildman–Crippen MR) is 146 cm³/mol. The Morgan fingerprint density at radius 2 is 1.76 bits per heavy atom. The van der Waals surface area contributed by atoms with Crippen LogP contribution in [-0.4, -0.2) is 58.2 Å². The second-order valence-electron chi connectivity index (χ2n) is 9.94. The second-order valence-corrected chi connectivity index (χ2v) is 12.9. The van der Waals surface area contributed by atoms with Crippen LogP contribution in [0.1, 0.15) is 31.1 Å². The Hall–Kier alpha value is -2.99. The molecule has 4 aromatic rings. The van der Waals surface area contributed by atoms with Crippen LogP contribution in [0, 0.1) is 5.41 Å². The van der Waals surface area contributed by atoms with Gasteiger partial charge in [-0.1, -0.05) is 23.2 Å².